The van der Waals surface area contributed by atoms with E-state index in [9.17, 15) is 8.78 Å². The molecule has 1 N–H and O–H groups in total. The van der Waals surface area contributed by atoms with E-state index < -0.39 is 6.61 Å². The summed E-state index contributed by atoms with van der Waals surface area (Å²) in [5.41, 5.74) is 0.771. The predicted octanol–water partition coefficient (Wildman–Crippen LogP) is 3.19. The molecule has 1 saturated heterocycles. The van der Waals surface area contributed by atoms with E-state index in [4.69, 9.17) is 4.74 Å². The maximum Gasteiger partial charge on any atom is 0.387 e. The van der Waals surface area contributed by atoms with Crippen LogP contribution in [0.1, 0.15) is 19.8 Å². The Bertz CT molecular complexity index is 471. The number of methoxy groups -OCH3 is 1. The number of benzene rings is 1. The summed E-state index contributed by atoms with van der Waals surface area (Å²) >= 11 is 0. The van der Waals surface area contributed by atoms with E-state index in [1.165, 1.54) is 7.11 Å². The van der Waals surface area contributed by atoms with Gasteiger partial charge in [-0.1, -0.05) is 0 Å². The lowest BCUT2D eigenvalue weighted by Gasteiger charge is -2.35. The van der Waals surface area contributed by atoms with Crippen LogP contribution in [0.25, 0.3) is 0 Å². The number of ether oxygens (including phenoxy) is 2. The summed E-state index contributed by atoms with van der Waals surface area (Å²) in [5.74, 6) is 0.357. The van der Waals surface area contributed by atoms with Gasteiger partial charge < -0.3 is 19.7 Å². The van der Waals surface area contributed by atoms with Crippen LogP contribution < -0.4 is 14.8 Å². The number of nitrogens with one attached hydrogen (secondary N) is 1. The molecule has 21 heavy (non-hydrogen) atoms. The van der Waals surface area contributed by atoms with Crippen LogP contribution in [0, 0.1) is 0 Å². The number of halogens is 2. The molecule has 6 heteroatoms. The molecule has 0 bridgehead atoms. The van der Waals surface area contributed by atoms with Crippen LogP contribution in [0.5, 0.6) is 11.5 Å². The van der Waals surface area contributed by atoms with Gasteiger partial charge in [0.2, 0.25) is 0 Å². The first-order chi connectivity index (χ1) is 9.99. The molecule has 0 spiro atoms. The Morgan fingerprint density at radius 3 is 2.71 bits per heavy atom. The van der Waals surface area contributed by atoms with Gasteiger partial charge in [-0.3, -0.25) is 0 Å². The number of nitrogens with zero attached hydrogens (tertiary/aromatic N) is 1. The smallest absolute Gasteiger partial charge is 0.387 e. The third-order valence-electron chi connectivity index (χ3n) is 3.96. The fourth-order valence-corrected chi connectivity index (χ4v) is 2.61. The minimum absolute atomic E-state index is 0.0541. The van der Waals surface area contributed by atoms with Gasteiger partial charge in [-0.25, -0.2) is 0 Å². The van der Waals surface area contributed by atoms with E-state index >= 15 is 0 Å². The molecular formula is C15H22F2N2O2. The summed E-state index contributed by atoms with van der Waals surface area (Å²) in [5, 5.41) is 3.39. The van der Waals surface area contributed by atoms with Crippen molar-refractivity contribution in [3.05, 3.63) is 18.2 Å². The first-order valence-corrected chi connectivity index (χ1v) is 7.09. The van der Waals surface area contributed by atoms with E-state index in [2.05, 4.69) is 28.9 Å². The number of hydrogen-bond acceptors (Lipinski definition) is 4. The molecule has 0 saturated carbocycles. The molecule has 1 aromatic carbocycles. The molecular weight excluding hydrogens is 278 g/mol. The van der Waals surface area contributed by atoms with Crippen LogP contribution in [0.3, 0.4) is 0 Å². The van der Waals surface area contributed by atoms with Crippen molar-refractivity contribution in [3.8, 4) is 11.5 Å². The van der Waals surface area contributed by atoms with Crippen LogP contribution in [0.15, 0.2) is 18.2 Å². The Hall–Kier alpha value is -1.56. The van der Waals surface area contributed by atoms with Crippen LogP contribution in [-0.4, -0.2) is 44.3 Å². The lowest BCUT2D eigenvalue weighted by Crippen LogP contribution is -2.42. The number of anilines is 1. The SMILES string of the molecule is COc1ccc(NC2CCN(C)C(C)C2)cc1OC(F)F. The Balaban J connectivity index is 2.06. The first kappa shape index (κ1) is 15.8. The van der Waals surface area contributed by atoms with Crippen LogP contribution in [-0.2, 0) is 0 Å². The highest BCUT2D eigenvalue weighted by atomic mass is 19.3. The summed E-state index contributed by atoms with van der Waals surface area (Å²) < 4.78 is 34.4. The molecule has 118 valence electrons. The maximum absolute atomic E-state index is 12.4. The number of rotatable bonds is 5. The lowest BCUT2D eigenvalue weighted by molar-refractivity contribution is -0.0511. The summed E-state index contributed by atoms with van der Waals surface area (Å²) in [6.45, 7) is 0.347. The van der Waals surface area contributed by atoms with E-state index in [0.717, 1.165) is 25.1 Å². The third-order valence-corrected chi connectivity index (χ3v) is 3.96. The Morgan fingerprint density at radius 1 is 1.33 bits per heavy atom. The minimum atomic E-state index is -2.86. The number of hydrogen-bond donors (Lipinski definition) is 1. The highest BCUT2D eigenvalue weighted by Crippen LogP contribution is 2.32. The fraction of sp³-hybridized carbons (Fsp3) is 0.600. The van der Waals surface area contributed by atoms with Gasteiger partial charge in [0.05, 0.1) is 7.11 Å². The van der Waals surface area contributed by atoms with E-state index in [0.29, 0.717) is 17.8 Å². The van der Waals surface area contributed by atoms with Gasteiger partial charge in [-0.05, 0) is 38.9 Å². The summed E-state index contributed by atoms with van der Waals surface area (Å²) in [4.78, 5) is 2.32. The van der Waals surface area contributed by atoms with Gasteiger partial charge in [0.25, 0.3) is 0 Å². The summed E-state index contributed by atoms with van der Waals surface area (Å²) in [7, 11) is 3.54. The van der Waals surface area contributed by atoms with Crippen molar-refractivity contribution >= 4 is 5.69 Å². The number of alkyl halides is 2. The van der Waals surface area contributed by atoms with Gasteiger partial charge in [-0.2, -0.15) is 8.78 Å². The number of likely N-dealkylation sites (tertiary alicyclic amines) is 1. The molecule has 1 fully saturated rings. The number of piperidine rings is 1. The van der Waals surface area contributed by atoms with Gasteiger partial charge >= 0.3 is 6.61 Å². The normalized spacial score (nSPS) is 23.1. The van der Waals surface area contributed by atoms with Crippen LogP contribution in [0.4, 0.5) is 14.5 Å². The molecule has 0 aromatic heterocycles. The summed E-state index contributed by atoms with van der Waals surface area (Å²) in [6, 6.07) is 5.86. The zero-order valence-corrected chi connectivity index (χ0v) is 12.6. The third kappa shape index (κ3) is 4.20. The molecule has 1 heterocycles. The lowest BCUT2D eigenvalue weighted by atomic mass is 9.98. The standard InChI is InChI=1S/C15H22F2N2O2/c1-10-8-12(6-7-19(10)2)18-11-4-5-13(20-3)14(9-11)21-15(16)17/h4-5,9-10,12,15,18H,6-8H2,1-3H3. The molecule has 2 rings (SSSR count). The maximum atomic E-state index is 12.4. The monoisotopic (exact) mass is 300 g/mol. The molecule has 0 radical (unpaired) electrons. The van der Waals surface area contributed by atoms with Crippen molar-refractivity contribution in [1.29, 1.82) is 0 Å². The highest BCUT2D eigenvalue weighted by molar-refractivity contribution is 5.55. The minimum Gasteiger partial charge on any atom is -0.493 e. The zero-order valence-electron chi connectivity index (χ0n) is 12.6. The van der Waals surface area contributed by atoms with Crippen molar-refractivity contribution in [2.45, 2.75) is 38.5 Å². The average molecular weight is 300 g/mol. The van der Waals surface area contributed by atoms with Crippen molar-refractivity contribution in [1.82, 2.24) is 4.90 Å². The molecule has 4 nitrogen and oxygen atoms in total. The predicted molar refractivity (Wildman–Crippen MR) is 78.4 cm³/mol. The summed E-state index contributed by atoms with van der Waals surface area (Å²) in [6.07, 6.45) is 2.05. The second kappa shape index (κ2) is 6.93. The van der Waals surface area contributed by atoms with Crippen LogP contribution >= 0.6 is 0 Å². The van der Waals surface area contributed by atoms with E-state index in [1.807, 2.05) is 6.07 Å². The second-order valence-electron chi connectivity index (χ2n) is 5.44. The van der Waals surface area contributed by atoms with E-state index in [-0.39, 0.29) is 5.75 Å². The van der Waals surface area contributed by atoms with Crippen molar-refractivity contribution < 1.29 is 18.3 Å². The average Bonchev–Trinajstić information content (AvgIpc) is 2.43. The van der Waals surface area contributed by atoms with Crippen molar-refractivity contribution in [3.63, 3.8) is 0 Å². The molecule has 1 aliphatic rings. The molecule has 0 amide bonds. The Kier molecular flexibility index (Phi) is 5.22. The van der Waals surface area contributed by atoms with E-state index in [1.54, 1.807) is 12.1 Å². The molecule has 2 unspecified atom stereocenters. The van der Waals surface area contributed by atoms with Crippen LogP contribution in [0.2, 0.25) is 0 Å². The fourth-order valence-electron chi connectivity index (χ4n) is 2.61. The van der Waals surface area contributed by atoms with Gasteiger partial charge in [0, 0.05) is 30.4 Å². The molecule has 2 atom stereocenters. The van der Waals surface area contributed by atoms with Crippen molar-refractivity contribution in [2.24, 2.45) is 0 Å². The van der Waals surface area contributed by atoms with Crippen molar-refractivity contribution in [2.75, 3.05) is 26.0 Å². The molecule has 1 aromatic rings. The van der Waals surface area contributed by atoms with Gasteiger partial charge in [-0.15, -0.1) is 0 Å². The second-order valence-corrected chi connectivity index (χ2v) is 5.44. The van der Waals surface area contributed by atoms with Gasteiger partial charge in [0.1, 0.15) is 0 Å². The Labute approximate surface area is 124 Å². The quantitative estimate of drug-likeness (QED) is 0.905. The van der Waals surface area contributed by atoms with Gasteiger partial charge in [0.15, 0.2) is 11.5 Å². The molecule has 1 aliphatic heterocycles. The highest BCUT2D eigenvalue weighted by Gasteiger charge is 2.23. The first-order valence-electron chi connectivity index (χ1n) is 7.09. The molecule has 0 aliphatic carbocycles. The topological polar surface area (TPSA) is 33.7 Å². The Morgan fingerprint density at radius 2 is 2.10 bits per heavy atom. The zero-order chi connectivity index (χ0) is 15.4. The largest absolute Gasteiger partial charge is 0.493 e.